The molecule has 1 aliphatic heterocycles. The highest BCUT2D eigenvalue weighted by Crippen LogP contribution is 2.23. The van der Waals surface area contributed by atoms with Gasteiger partial charge in [-0.15, -0.1) is 0 Å². The van der Waals surface area contributed by atoms with Gasteiger partial charge in [-0.05, 0) is 102 Å². The number of ether oxygens (including phenoxy) is 6. The molecule has 0 saturated carbocycles. The van der Waals surface area contributed by atoms with Crippen LogP contribution in [0.4, 0.5) is 0 Å². The van der Waals surface area contributed by atoms with Gasteiger partial charge in [0.2, 0.25) is 0 Å². The molecule has 0 aliphatic carbocycles. The van der Waals surface area contributed by atoms with Crippen LogP contribution in [0.2, 0.25) is 0 Å². The van der Waals surface area contributed by atoms with Crippen molar-refractivity contribution in [2.75, 3.05) is 79.1 Å². The first-order valence-electron chi connectivity index (χ1n) is 24.3. The van der Waals surface area contributed by atoms with Gasteiger partial charge in [0, 0.05) is 6.61 Å². The molecule has 1 unspecified atom stereocenters. The van der Waals surface area contributed by atoms with Gasteiger partial charge in [0.1, 0.15) is 19.8 Å². The van der Waals surface area contributed by atoms with E-state index in [9.17, 15) is 14.4 Å². The Hall–Kier alpha value is -1.75. The second-order valence-electron chi connectivity index (χ2n) is 17.0. The summed E-state index contributed by atoms with van der Waals surface area (Å²) >= 11 is 0. The first-order valence-corrected chi connectivity index (χ1v) is 24.3. The van der Waals surface area contributed by atoms with Crippen molar-refractivity contribution >= 4 is 17.9 Å². The van der Waals surface area contributed by atoms with E-state index in [1.54, 1.807) is 0 Å². The Balaban J connectivity index is 2.23. The molecule has 0 N–H and O–H groups in total. The van der Waals surface area contributed by atoms with E-state index in [4.69, 9.17) is 28.4 Å². The van der Waals surface area contributed by atoms with E-state index in [2.05, 4.69) is 32.6 Å². The number of carbonyl (C=O) groups is 3. The molecule has 1 saturated heterocycles. The van der Waals surface area contributed by atoms with Crippen LogP contribution in [-0.4, -0.2) is 102 Å². The average molecular weight is 826 g/mol. The Bertz CT molecular complexity index is 924. The SMILES string of the molecule is CCCCCC(CCCCC)CCOC(=O)COCCOCCCC(CCCOC(=O)COCC(=O)OCCC(CCCCC)CCCCC)CCCN1CCCC1. The molecule has 0 radical (unpaired) electrons. The second-order valence-corrected chi connectivity index (χ2v) is 17.0. The molecule has 58 heavy (non-hydrogen) atoms. The van der Waals surface area contributed by atoms with Crippen molar-refractivity contribution in [2.24, 2.45) is 17.8 Å². The van der Waals surface area contributed by atoms with Crippen molar-refractivity contribution < 1.29 is 42.8 Å². The minimum Gasteiger partial charge on any atom is -0.464 e. The van der Waals surface area contributed by atoms with Gasteiger partial charge >= 0.3 is 17.9 Å². The summed E-state index contributed by atoms with van der Waals surface area (Å²) in [4.78, 5) is 39.3. The molecule has 10 heteroatoms. The van der Waals surface area contributed by atoms with Gasteiger partial charge in [0.05, 0.1) is 33.0 Å². The maximum Gasteiger partial charge on any atom is 0.332 e. The van der Waals surface area contributed by atoms with E-state index in [1.807, 2.05) is 0 Å². The quantitative estimate of drug-likeness (QED) is 0.0335. The van der Waals surface area contributed by atoms with Gasteiger partial charge in [0.25, 0.3) is 0 Å². The molecule has 0 bridgehead atoms. The largest absolute Gasteiger partial charge is 0.464 e. The van der Waals surface area contributed by atoms with Crippen molar-refractivity contribution in [1.29, 1.82) is 0 Å². The second kappa shape index (κ2) is 40.6. The smallest absolute Gasteiger partial charge is 0.332 e. The van der Waals surface area contributed by atoms with Crippen LogP contribution in [0, 0.1) is 17.8 Å². The zero-order chi connectivity index (χ0) is 42.2. The number of nitrogens with zero attached hydrogens (tertiary/aromatic N) is 1. The third-order valence-corrected chi connectivity index (χ3v) is 11.7. The number of hydrogen-bond acceptors (Lipinski definition) is 10. The zero-order valence-electron chi connectivity index (χ0n) is 38.2. The molecule has 0 aromatic carbocycles. The predicted molar refractivity (Wildman–Crippen MR) is 235 cm³/mol. The molecule has 0 spiro atoms. The average Bonchev–Trinajstić information content (AvgIpc) is 3.74. The van der Waals surface area contributed by atoms with Crippen molar-refractivity contribution in [2.45, 2.75) is 195 Å². The summed E-state index contributed by atoms with van der Waals surface area (Å²) in [5.41, 5.74) is 0. The van der Waals surface area contributed by atoms with Crippen LogP contribution in [-0.2, 0) is 42.8 Å². The standard InChI is InChI=1S/C48H91NO9/c1-5-9-13-22-44(23-14-10-6-2)29-36-57-46(50)40-54-39-38-53-34-20-27-43(26-19-33-49-31-17-18-32-49)28-21-35-56-47(51)41-55-42-48(52)58-37-30-45(24-15-11-7-3)25-16-12-8-4/h43-45H,5-42H2,1-4H3. The summed E-state index contributed by atoms with van der Waals surface area (Å²) in [6, 6.07) is 0. The summed E-state index contributed by atoms with van der Waals surface area (Å²) in [5.74, 6) is 0.622. The fourth-order valence-corrected chi connectivity index (χ4v) is 8.07. The fraction of sp³-hybridized carbons (Fsp3) is 0.938. The van der Waals surface area contributed by atoms with E-state index >= 15 is 0 Å². The molecule has 1 aliphatic rings. The number of likely N-dealkylation sites (tertiary alicyclic amines) is 1. The lowest BCUT2D eigenvalue weighted by molar-refractivity contribution is -0.156. The molecule has 1 atom stereocenters. The summed E-state index contributed by atoms with van der Waals surface area (Å²) in [5, 5.41) is 0. The lowest BCUT2D eigenvalue weighted by atomic mass is 9.92. The van der Waals surface area contributed by atoms with Crippen molar-refractivity contribution in [1.82, 2.24) is 4.90 Å². The van der Waals surface area contributed by atoms with E-state index in [-0.39, 0.29) is 25.8 Å². The molecular weight excluding hydrogens is 735 g/mol. The number of carbonyl (C=O) groups excluding carboxylic acids is 3. The Morgan fingerprint density at radius 1 is 0.397 bits per heavy atom. The normalized spacial score (nSPS) is 13.8. The van der Waals surface area contributed by atoms with Gasteiger partial charge in [-0.2, -0.15) is 0 Å². The fourth-order valence-electron chi connectivity index (χ4n) is 8.07. The van der Waals surface area contributed by atoms with Crippen LogP contribution in [0.5, 0.6) is 0 Å². The third-order valence-electron chi connectivity index (χ3n) is 11.7. The van der Waals surface area contributed by atoms with Crippen molar-refractivity contribution in [3.05, 3.63) is 0 Å². The first kappa shape index (κ1) is 54.3. The molecule has 10 nitrogen and oxygen atoms in total. The maximum atomic E-state index is 12.3. The number of hydrogen-bond donors (Lipinski definition) is 0. The van der Waals surface area contributed by atoms with Crippen molar-refractivity contribution in [3.63, 3.8) is 0 Å². The van der Waals surface area contributed by atoms with Crippen LogP contribution in [0.25, 0.3) is 0 Å². The van der Waals surface area contributed by atoms with Gasteiger partial charge in [-0.25, -0.2) is 14.4 Å². The lowest BCUT2D eigenvalue weighted by Crippen LogP contribution is -2.21. The van der Waals surface area contributed by atoms with Crippen molar-refractivity contribution in [3.8, 4) is 0 Å². The van der Waals surface area contributed by atoms with Crippen LogP contribution < -0.4 is 0 Å². The highest BCUT2D eigenvalue weighted by molar-refractivity contribution is 5.73. The van der Waals surface area contributed by atoms with Gasteiger partial charge in [-0.3, -0.25) is 0 Å². The van der Waals surface area contributed by atoms with Crippen LogP contribution in [0.15, 0.2) is 0 Å². The Kier molecular flexibility index (Phi) is 38.0. The molecular formula is C48H91NO9. The van der Waals surface area contributed by atoms with Gasteiger partial charge < -0.3 is 33.3 Å². The summed E-state index contributed by atoms with van der Waals surface area (Å²) in [6.45, 7) is 14.7. The van der Waals surface area contributed by atoms with Crippen LogP contribution in [0.3, 0.4) is 0 Å². The van der Waals surface area contributed by atoms with E-state index in [0.717, 1.165) is 51.5 Å². The predicted octanol–water partition coefficient (Wildman–Crippen LogP) is 11.1. The molecule has 1 fully saturated rings. The summed E-state index contributed by atoms with van der Waals surface area (Å²) in [6.07, 6.45) is 30.4. The topological polar surface area (TPSA) is 110 Å². The number of esters is 3. The highest BCUT2D eigenvalue weighted by atomic mass is 16.6. The Labute approximate surface area is 356 Å². The van der Waals surface area contributed by atoms with Crippen LogP contribution in [0.1, 0.15) is 195 Å². The molecule has 0 amide bonds. The van der Waals surface area contributed by atoms with E-state index < -0.39 is 11.9 Å². The molecule has 0 aromatic heterocycles. The molecule has 1 heterocycles. The summed E-state index contributed by atoms with van der Waals surface area (Å²) in [7, 11) is 0. The van der Waals surface area contributed by atoms with Gasteiger partial charge in [0.15, 0.2) is 0 Å². The summed E-state index contributed by atoms with van der Waals surface area (Å²) < 4.78 is 33.0. The lowest BCUT2D eigenvalue weighted by Gasteiger charge is -2.20. The minimum absolute atomic E-state index is 0.0268. The molecule has 342 valence electrons. The molecule has 0 aromatic rings. The van der Waals surface area contributed by atoms with E-state index in [0.29, 0.717) is 57.4 Å². The van der Waals surface area contributed by atoms with E-state index in [1.165, 1.54) is 135 Å². The van der Waals surface area contributed by atoms with Crippen LogP contribution >= 0.6 is 0 Å². The monoisotopic (exact) mass is 826 g/mol. The minimum atomic E-state index is -0.446. The third kappa shape index (κ3) is 34.0. The van der Waals surface area contributed by atoms with Gasteiger partial charge in [-0.1, -0.05) is 130 Å². The first-order chi connectivity index (χ1) is 28.4. The number of unbranched alkanes of at least 4 members (excludes halogenated alkanes) is 8. The Morgan fingerprint density at radius 3 is 1.26 bits per heavy atom. The molecule has 1 rings (SSSR count). The zero-order valence-corrected chi connectivity index (χ0v) is 38.2. The number of rotatable bonds is 43. The highest BCUT2D eigenvalue weighted by Gasteiger charge is 2.16. The Morgan fingerprint density at radius 2 is 0.776 bits per heavy atom. The maximum absolute atomic E-state index is 12.3.